The number of rotatable bonds is 7. The summed E-state index contributed by atoms with van der Waals surface area (Å²) in [6.07, 6.45) is 9.66. The molecule has 0 unspecified atom stereocenters. The van der Waals surface area contributed by atoms with E-state index in [0.717, 1.165) is 61.3 Å². The van der Waals surface area contributed by atoms with Crippen molar-refractivity contribution in [1.82, 2.24) is 14.9 Å². The lowest BCUT2D eigenvalue weighted by Crippen LogP contribution is -2.35. The van der Waals surface area contributed by atoms with Gasteiger partial charge >= 0.3 is 0 Å². The number of fused-ring (bicyclic) bond motifs is 3. The van der Waals surface area contributed by atoms with Crippen molar-refractivity contribution in [3.8, 4) is 0 Å². The first-order valence-electron chi connectivity index (χ1n) is 10.5. The van der Waals surface area contributed by atoms with E-state index in [2.05, 4.69) is 34.6 Å². The number of aromatic nitrogens is 2. The van der Waals surface area contributed by atoms with E-state index in [1.807, 2.05) is 10.6 Å². The number of benzene rings is 1. The van der Waals surface area contributed by atoms with E-state index in [1.165, 1.54) is 28.8 Å². The van der Waals surface area contributed by atoms with Crippen molar-refractivity contribution in [2.75, 3.05) is 6.54 Å². The second kappa shape index (κ2) is 7.80. The van der Waals surface area contributed by atoms with Crippen molar-refractivity contribution in [1.29, 1.82) is 0 Å². The lowest BCUT2D eigenvalue weighted by Gasteiger charge is -2.23. The standard InChI is InChI=1S/C23H27N3OS/c27-23-21-19-11-10-18(24-14-17-8-9-17)13-20(19)28-22(21)25-15-26(23)12-4-7-16-5-2-1-3-6-16/h1-3,5-6,15,17-18,24H,4,7-14H2/t18-/m1/s1. The topological polar surface area (TPSA) is 46.9 Å². The van der Waals surface area contributed by atoms with Gasteiger partial charge in [-0.3, -0.25) is 9.36 Å². The lowest BCUT2D eigenvalue weighted by atomic mass is 9.93. The van der Waals surface area contributed by atoms with Gasteiger partial charge in [0, 0.05) is 17.5 Å². The van der Waals surface area contributed by atoms with Crippen LogP contribution in [0.3, 0.4) is 0 Å². The maximum atomic E-state index is 13.1. The smallest absolute Gasteiger partial charge is 0.262 e. The van der Waals surface area contributed by atoms with Crippen LogP contribution >= 0.6 is 11.3 Å². The molecule has 1 saturated carbocycles. The molecular weight excluding hydrogens is 366 g/mol. The number of hydrogen-bond donors (Lipinski definition) is 1. The Balaban J connectivity index is 1.31. The summed E-state index contributed by atoms with van der Waals surface area (Å²) in [5.74, 6) is 0.911. The average molecular weight is 394 g/mol. The molecule has 0 aliphatic heterocycles. The fourth-order valence-corrected chi connectivity index (χ4v) is 5.55. The third-order valence-corrected chi connectivity index (χ3v) is 7.30. The molecule has 0 spiro atoms. The van der Waals surface area contributed by atoms with Gasteiger partial charge in [-0.05, 0) is 68.5 Å². The minimum absolute atomic E-state index is 0.153. The van der Waals surface area contributed by atoms with Crippen molar-refractivity contribution >= 4 is 21.6 Å². The van der Waals surface area contributed by atoms with Crippen LogP contribution in [0.15, 0.2) is 41.5 Å². The first kappa shape index (κ1) is 18.1. The Morgan fingerprint density at radius 2 is 2.04 bits per heavy atom. The summed E-state index contributed by atoms with van der Waals surface area (Å²) in [7, 11) is 0. The van der Waals surface area contributed by atoms with Gasteiger partial charge in [0.25, 0.3) is 5.56 Å². The molecule has 146 valence electrons. The summed E-state index contributed by atoms with van der Waals surface area (Å²) in [5.41, 5.74) is 2.75. The van der Waals surface area contributed by atoms with Crippen LogP contribution in [0, 0.1) is 5.92 Å². The van der Waals surface area contributed by atoms with Crippen LogP contribution in [0.1, 0.15) is 41.7 Å². The molecule has 2 aromatic heterocycles. The molecule has 0 bridgehead atoms. The molecule has 4 nitrogen and oxygen atoms in total. The Morgan fingerprint density at radius 1 is 1.18 bits per heavy atom. The molecule has 2 heterocycles. The quantitative estimate of drug-likeness (QED) is 0.661. The molecule has 1 N–H and O–H groups in total. The number of nitrogens with zero attached hydrogens (tertiary/aromatic N) is 2. The van der Waals surface area contributed by atoms with Crippen LogP contribution in [0.2, 0.25) is 0 Å². The fraction of sp³-hybridized carbons (Fsp3) is 0.478. The lowest BCUT2D eigenvalue weighted by molar-refractivity contribution is 0.453. The van der Waals surface area contributed by atoms with Gasteiger partial charge in [0.2, 0.25) is 0 Å². The summed E-state index contributed by atoms with van der Waals surface area (Å²) >= 11 is 1.73. The van der Waals surface area contributed by atoms with Crippen LogP contribution < -0.4 is 10.9 Å². The van der Waals surface area contributed by atoms with Gasteiger partial charge in [-0.15, -0.1) is 11.3 Å². The van der Waals surface area contributed by atoms with E-state index in [4.69, 9.17) is 0 Å². The first-order chi connectivity index (χ1) is 13.8. The molecule has 2 aliphatic carbocycles. The summed E-state index contributed by atoms with van der Waals surface area (Å²) in [6.45, 7) is 1.89. The number of nitrogens with one attached hydrogen (secondary N) is 1. The van der Waals surface area contributed by atoms with E-state index in [0.29, 0.717) is 6.04 Å². The Kier molecular flexibility index (Phi) is 5.03. The van der Waals surface area contributed by atoms with Crippen LogP contribution in [0.5, 0.6) is 0 Å². The molecule has 5 heteroatoms. The van der Waals surface area contributed by atoms with Gasteiger partial charge in [0.15, 0.2) is 0 Å². The van der Waals surface area contributed by atoms with Crippen molar-refractivity contribution in [2.45, 2.75) is 57.5 Å². The first-order valence-corrected chi connectivity index (χ1v) is 11.4. The number of aryl methyl sites for hydroxylation is 3. The van der Waals surface area contributed by atoms with Crippen molar-refractivity contribution in [2.24, 2.45) is 5.92 Å². The zero-order valence-electron chi connectivity index (χ0n) is 16.2. The largest absolute Gasteiger partial charge is 0.313 e. The molecule has 1 fully saturated rings. The maximum absolute atomic E-state index is 13.1. The molecule has 0 saturated heterocycles. The third kappa shape index (κ3) is 3.78. The van der Waals surface area contributed by atoms with Gasteiger partial charge in [0.1, 0.15) is 4.83 Å². The van der Waals surface area contributed by atoms with Crippen LogP contribution in [-0.2, 0) is 25.8 Å². The monoisotopic (exact) mass is 393 g/mol. The summed E-state index contributed by atoms with van der Waals surface area (Å²) < 4.78 is 1.82. The molecule has 2 aliphatic rings. The fourth-order valence-electron chi connectivity index (χ4n) is 4.29. The Labute approximate surface area is 169 Å². The van der Waals surface area contributed by atoms with E-state index in [9.17, 15) is 4.79 Å². The van der Waals surface area contributed by atoms with Gasteiger partial charge in [-0.1, -0.05) is 30.3 Å². The van der Waals surface area contributed by atoms with E-state index < -0.39 is 0 Å². The van der Waals surface area contributed by atoms with Crippen molar-refractivity contribution in [3.05, 3.63) is 63.0 Å². The van der Waals surface area contributed by atoms with Gasteiger partial charge in [0.05, 0.1) is 11.7 Å². The zero-order valence-corrected chi connectivity index (χ0v) is 17.0. The van der Waals surface area contributed by atoms with E-state index in [1.54, 1.807) is 17.7 Å². The molecule has 0 radical (unpaired) electrons. The Bertz CT molecular complexity index is 1020. The maximum Gasteiger partial charge on any atom is 0.262 e. The van der Waals surface area contributed by atoms with Crippen LogP contribution in [0.25, 0.3) is 10.2 Å². The summed E-state index contributed by atoms with van der Waals surface area (Å²) in [6, 6.07) is 11.0. The molecule has 5 rings (SSSR count). The highest BCUT2D eigenvalue weighted by molar-refractivity contribution is 7.18. The Morgan fingerprint density at radius 3 is 2.86 bits per heavy atom. The Hall–Kier alpha value is -1.98. The average Bonchev–Trinajstić information content (AvgIpc) is 3.47. The minimum Gasteiger partial charge on any atom is -0.313 e. The van der Waals surface area contributed by atoms with Crippen molar-refractivity contribution in [3.63, 3.8) is 0 Å². The highest BCUT2D eigenvalue weighted by Crippen LogP contribution is 2.34. The van der Waals surface area contributed by atoms with Crippen molar-refractivity contribution < 1.29 is 0 Å². The SMILES string of the molecule is O=c1c2c3c(sc2ncn1CCCc1ccccc1)C[C@H](NCC1CC1)CC3. The minimum atomic E-state index is 0.153. The summed E-state index contributed by atoms with van der Waals surface area (Å²) in [4.78, 5) is 20.1. The van der Waals surface area contributed by atoms with E-state index >= 15 is 0 Å². The molecule has 3 aromatic rings. The predicted octanol–water partition coefficient (Wildman–Crippen LogP) is 3.95. The molecular formula is C23H27N3OS. The third-order valence-electron chi connectivity index (χ3n) is 6.14. The second-order valence-electron chi connectivity index (χ2n) is 8.31. The van der Waals surface area contributed by atoms with Gasteiger partial charge in [-0.2, -0.15) is 0 Å². The number of thiophene rings is 1. The molecule has 1 aromatic carbocycles. The summed E-state index contributed by atoms with van der Waals surface area (Å²) in [5, 5.41) is 4.63. The second-order valence-corrected chi connectivity index (χ2v) is 9.39. The van der Waals surface area contributed by atoms with Crippen LogP contribution in [-0.4, -0.2) is 22.1 Å². The molecule has 28 heavy (non-hydrogen) atoms. The normalized spacial score (nSPS) is 19.1. The number of hydrogen-bond acceptors (Lipinski definition) is 4. The highest BCUT2D eigenvalue weighted by Gasteiger charge is 2.27. The molecule has 1 atom stereocenters. The van der Waals surface area contributed by atoms with Gasteiger partial charge in [-0.25, -0.2) is 4.98 Å². The van der Waals surface area contributed by atoms with E-state index in [-0.39, 0.29) is 5.56 Å². The van der Waals surface area contributed by atoms with Crippen LogP contribution in [0.4, 0.5) is 0 Å². The van der Waals surface area contributed by atoms with Gasteiger partial charge < -0.3 is 5.32 Å². The molecule has 0 amide bonds. The highest BCUT2D eigenvalue weighted by atomic mass is 32.1. The predicted molar refractivity (Wildman–Crippen MR) is 115 cm³/mol. The zero-order chi connectivity index (χ0) is 18.9.